The van der Waals surface area contributed by atoms with Gasteiger partial charge in [-0.2, -0.15) is 0 Å². The van der Waals surface area contributed by atoms with Crippen molar-refractivity contribution in [3.05, 3.63) is 59.7 Å². The number of carbonyl (C=O) groups excluding carboxylic acids is 1. The van der Waals surface area contributed by atoms with E-state index < -0.39 is 0 Å². The van der Waals surface area contributed by atoms with Gasteiger partial charge in [0.05, 0.1) is 20.1 Å². The molecule has 0 saturated heterocycles. The van der Waals surface area contributed by atoms with Crippen LogP contribution in [0.25, 0.3) is 0 Å². The van der Waals surface area contributed by atoms with Gasteiger partial charge in [0.15, 0.2) is 11.5 Å². The summed E-state index contributed by atoms with van der Waals surface area (Å²) in [5.41, 5.74) is 2.60. The van der Waals surface area contributed by atoms with Crippen molar-refractivity contribution >= 4 is 5.91 Å². The molecule has 0 N–H and O–H groups in total. The molecule has 0 radical (unpaired) electrons. The Balaban J connectivity index is 1.52. The Morgan fingerprint density at radius 2 is 1.74 bits per heavy atom. The van der Waals surface area contributed by atoms with E-state index in [1.165, 1.54) is 11.1 Å². The maximum absolute atomic E-state index is 12.4. The summed E-state index contributed by atoms with van der Waals surface area (Å²) < 4.78 is 10.9. The van der Waals surface area contributed by atoms with Gasteiger partial charge in [-0.05, 0) is 29.7 Å². The van der Waals surface area contributed by atoms with Crippen molar-refractivity contribution in [3.8, 4) is 11.5 Å². The van der Waals surface area contributed by atoms with Crippen LogP contribution < -0.4 is 9.47 Å². The molecule has 0 aromatic heterocycles. The number of rotatable bonds is 5. The fourth-order valence-corrected chi connectivity index (χ4v) is 2.85. The van der Waals surface area contributed by atoms with E-state index in [2.05, 4.69) is 18.2 Å². The number of nitrogens with zero attached hydrogens (tertiary/aromatic N) is 1. The van der Waals surface area contributed by atoms with Crippen molar-refractivity contribution in [2.45, 2.75) is 19.4 Å². The van der Waals surface area contributed by atoms with E-state index in [1.54, 1.807) is 7.11 Å². The van der Waals surface area contributed by atoms with Crippen LogP contribution in [-0.2, 0) is 17.8 Å². The Morgan fingerprint density at radius 1 is 1.04 bits per heavy atom. The summed E-state index contributed by atoms with van der Waals surface area (Å²) in [6, 6.07) is 15.8. The molecule has 0 spiro atoms. The first kappa shape index (κ1) is 15.4. The highest BCUT2D eigenvalue weighted by Crippen LogP contribution is 2.26. The van der Waals surface area contributed by atoms with E-state index in [-0.39, 0.29) is 5.91 Å². The van der Waals surface area contributed by atoms with Gasteiger partial charge in [0, 0.05) is 13.1 Å². The van der Waals surface area contributed by atoms with E-state index in [1.807, 2.05) is 35.2 Å². The second-order valence-corrected chi connectivity index (χ2v) is 5.58. The number of carbonyl (C=O) groups is 1. The lowest BCUT2D eigenvalue weighted by atomic mass is 10.00. The van der Waals surface area contributed by atoms with Gasteiger partial charge in [0.2, 0.25) is 5.91 Å². The number of amides is 1. The van der Waals surface area contributed by atoms with Crippen LogP contribution in [0.1, 0.15) is 17.5 Å². The molecule has 0 fully saturated rings. The predicted octanol–water partition coefficient (Wildman–Crippen LogP) is 3.05. The SMILES string of the molecule is COc1ccccc1OCCC(=O)N1CCc2ccccc2C1. The van der Waals surface area contributed by atoms with E-state index in [0.29, 0.717) is 31.1 Å². The molecule has 4 nitrogen and oxygen atoms in total. The van der Waals surface area contributed by atoms with Crippen molar-refractivity contribution in [3.63, 3.8) is 0 Å². The minimum absolute atomic E-state index is 0.134. The van der Waals surface area contributed by atoms with Gasteiger partial charge >= 0.3 is 0 Å². The fourth-order valence-electron chi connectivity index (χ4n) is 2.85. The molecule has 2 aromatic carbocycles. The lowest BCUT2D eigenvalue weighted by Crippen LogP contribution is -2.36. The van der Waals surface area contributed by atoms with Gasteiger partial charge in [0.25, 0.3) is 0 Å². The van der Waals surface area contributed by atoms with Gasteiger partial charge in [-0.3, -0.25) is 4.79 Å². The molecule has 0 saturated carbocycles. The monoisotopic (exact) mass is 311 g/mol. The van der Waals surface area contributed by atoms with Crippen LogP contribution >= 0.6 is 0 Å². The molecule has 1 aliphatic rings. The standard InChI is InChI=1S/C19H21NO3/c1-22-17-8-4-5-9-18(17)23-13-11-19(21)20-12-10-15-6-2-3-7-16(15)14-20/h2-9H,10-14H2,1H3. The Morgan fingerprint density at radius 3 is 2.52 bits per heavy atom. The number of para-hydroxylation sites is 2. The van der Waals surface area contributed by atoms with Crippen LogP contribution in [0.2, 0.25) is 0 Å². The first-order chi connectivity index (χ1) is 11.3. The van der Waals surface area contributed by atoms with Gasteiger partial charge in [-0.1, -0.05) is 36.4 Å². The molecular formula is C19H21NO3. The summed E-state index contributed by atoms with van der Waals surface area (Å²) >= 11 is 0. The van der Waals surface area contributed by atoms with Crippen molar-refractivity contribution in [2.24, 2.45) is 0 Å². The molecule has 0 bridgehead atoms. The molecule has 0 atom stereocenters. The topological polar surface area (TPSA) is 38.8 Å². The van der Waals surface area contributed by atoms with E-state index in [9.17, 15) is 4.79 Å². The third-order valence-electron chi connectivity index (χ3n) is 4.13. The van der Waals surface area contributed by atoms with Gasteiger partial charge < -0.3 is 14.4 Å². The first-order valence-electron chi connectivity index (χ1n) is 7.88. The molecule has 1 amide bonds. The van der Waals surface area contributed by atoms with Gasteiger partial charge in [-0.15, -0.1) is 0 Å². The largest absolute Gasteiger partial charge is 0.493 e. The smallest absolute Gasteiger partial charge is 0.226 e. The summed E-state index contributed by atoms with van der Waals surface area (Å²) in [5, 5.41) is 0. The molecule has 0 unspecified atom stereocenters. The Kier molecular flexibility index (Phi) is 4.81. The highest BCUT2D eigenvalue weighted by atomic mass is 16.5. The molecule has 120 valence electrons. The molecule has 2 aromatic rings. The molecule has 1 aliphatic heterocycles. The van der Waals surface area contributed by atoms with Crippen LogP contribution in [0.15, 0.2) is 48.5 Å². The van der Waals surface area contributed by atoms with Crippen molar-refractivity contribution in [1.29, 1.82) is 0 Å². The minimum atomic E-state index is 0.134. The zero-order valence-electron chi connectivity index (χ0n) is 13.3. The summed E-state index contributed by atoms with van der Waals surface area (Å²) in [5.74, 6) is 1.49. The Bertz CT molecular complexity index is 684. The second-order valence-electron chi connectivity index (χ2n) is 5.58. The third kappa shape index (κ3) is 3.65. The second kappa shape index (κ2) is 7.18. The number of ether oxygens (including phenoxy) is 2. The van der Waals surface area contributed by atoms with Crippen LogP contribution in [0.3, 0.4) is 0 Å². The highest BCUT2D eigenvalue weighted by molar-refractivity contribution is 5.76. The lowest BCUT2D eigenvalue weighted by Gasteiger charge is -2.29. The van der Waals surface area contributed by atoms with Crippen molar-refractivity contribution < 1.29 is 14.3 Å². The van der Waals surface area contributed by atoms with E-state index in [0.717, 1.165) is 13.0 Å². The molecular weight excluding hydrogens is 290 g/mol. The number of methoxy groups -OCH3 is 1. The maximum Gasteiger partial charge on any atom is 0.226 e. The summed E-state index contributed by atoms with van der Waals surface area (Å²) in [7, 11) is 1.61. The summed E-state index contributed by atoms with van der Waals surface area (Å²) in [6.07, 6.45) is 1.30. The van der Waals surface area contributed by atoms with Crippen LogP contribution in [0, 0.1) is 0 Å². The summed E-state index contributed by atoms with van der Waals surface area (Å²) in [4.78, 5) is 14.3. The highest BCUT2D eigenvalue weighted by Gasteiger charge is 2.20. The number of hydrogen-bond acceptors (Lipinski definition) is 3. The zero-order chi connectivity index (χ0) is 16.1. The molecule has 0 aliphatic carbocycles. The van der Waals surface area contributed by atoms with E-state index >= 15 is 0 Å². The average molecular weight is 311 g/mol. The minimum Gasteiger partial charge on any atom is -0.493 e. The summed E-state index contributed by atoms with van der Waals surface area (Å²) in [6.45, 7) is 1.84. The van der Waals surface area contributed by atoms with Gasteiger partial charge in [0.1, 0.15) is 0 Å². The Labute approximate surface area is 136 Å². The maximum atomic E-state index is 12.4. The predicted molar refractivity (Wildman–Crippen MR) is 88.7 cm³/mol. The van der Waals surface area contributed by atoms with E-state index in [4.69, 9.17) is 9.47 Å². The number of benzene rings is 2. The molecule has 23 heavy (non-hydrogen) atoms. The number of hydrogen-bond donors (Lipinski definition) is 0. The molecule has 1 heterocycles. The van der Waals surface area contributed by atoms with Crippen LogP contribution in [0.4, 0.5) is 0 Å². The van der Waals surface area contributed by atoms with Crippen molar-refractivity contribution in [1.82, 2.24) is 4.90 Å². The lowest BCUT2D eigenvalue weighted by molar-refractivity contribution is -0.132. The fraction of sp³-hybridized carbons (Fsp3) is 0.316. The van der Waals surface area contributed by atoms with Crippen LogP contribution in [0.5, 0.6) is 11.5 Å². The average Bonchev–Trinajstić information content (AvgIpc) is 2.61. The quantitative estimate of drug-likeness (QED) is 0.852. The molecule has 4 heteroatoms. The van der Waals surface area contributed by atoms with Crippen molar-refractivity contribution in [2.75, 3.05) is 20.3 Å². The van der Waals surface area contributed by atoms with Gasteiger partial charge in [-0.25, -0.2) is 0 Å². The Hall–Kier alpha value is -2.49. The third-order valence-corrected chi connectivity index (χ3v) is 4.13. The zero-order valence-corrected chi connectivity index (χ0v) is 13.3. The molecule has 3 rings (SSSR count). The normalized spacial score (nSPS) is 13.3. The first-order valence-corrected chi connectivity index (χ1v) is 7.88. The van der Waals surface area contributed by atoms with Crippen LogP contribution in [-0.4, -0.2) is 31.1 Å². The number of fused-ring (bicyclic) bond motifs is 1.